The van der Waals surface area contributed by atoms with Crippen LogP contribution in [0.3, 0.4) is 0 Å². The Morgan fingerprint density at radius 3 is 2.83 bits per heavy atom. The Bertz CT molecular complexity index is 446. The van der Waals surface area contributed by atoms with E-state index in [1.165, 1.54) is 0 Å². The highest BCUT2D eigenvalue weighted by Gasteiger charge is 2.29. The molecule has 98 valence electrons. The lowest BCUT2D eigenvalue weighted by Crippen LogP contribution is -2.27. The van der Waals surface area contributed by atoms with Gasteiger partial charge in [-0.1, -0.05) is 15.9 Å². The molecule has 0 heterocycles. The topological polar surface area (TPSA) is 46.5 Å². The lowest BCUT2D eigenvalue weighted by molar-refractivity contribution is -0.145. The molecule has 0 aromatic heterocycles. The maximum absolute atomic E-state index is 12.3. The van der Waals surface area contributed by atoms with Crippen molar-refractivity contribution in [1.82, 2.24) is 0 Å². The number of halogens is 2. The minimum absolute atomic E-state index is 0.129. The lowest BCUT2D eigenvalue weighted by atomic mass is 10.1. The summed E-state index contributed by atoms with van der Waals surface area (Å²) < 4.78 is 18.7. The fourth-order valence-electron chi connectivity index (χ4n) is 1.83. The molecule has 0 saturated heterocycles. The van der Waals surface area contributed by atoms with E-state index in [-0.39, 0.29) is 6.42 Å². The van der Waals surface area contributed by atoms with Gasteiger partial charge < -0.3 is 9.84 Å². The molecule has 0 aliphatic heterocycles. The van der Waals surface area contributed by atoms with Gasteiger partial charge in [-0.25, -0.2) is 4.79 Å². The van der Waals surface area contributed by atoms with Crippen LogP contribution in [0.1, 0.15) is 30.7 Å². The molecular weight excluding hydrogens is 303 g/mol. The van der Waals surface area contributed by atoms with Gasteiger partial charge in [-0.15, -0.1) is 0 Å². The van der Waals surface area contributed by atoms with Crippen molar-refractivity contribution in [3.05, 3.63) is 28.2 Å². The first-order chi connectivity index (χ1) is 8.61. The summed E-state index contributed by atoms with van der Waals surface area (Å²) in [5.41, 5.74) is 1.01. The number of ether oxygens (including phenoxy) is 1. The van der Waals surface area contributed by atoms with Crippen molar-refractivity contribution in [3.8, 4) is 5.75 Å². The fraction of sp³-hybridized carbons (Fsp3) is 0.462. The van der Waals surface area contributed by atoms with Crippen LogP contribution < -0.4 is 4.74 Å². The molecule has 0 amide bonds. The van der Waals surface area contributed by atoms with Crippen LogP contribution in [0.15, 0.2) is 22.7 Å². The van der Waals surface area contributed by atoms with E-state index in [4.69, 9.17) is 9.84 Å². The highest BCUT2D eigenvalue weighted by Crippen LogP contribution is 2.45. The van der Waals surface area contributed by atoms with Crippen molar-refractivity contribution in [2.24, 2.45) is 0 Å². The zero-order valence-electron chi connectivity index (χ0n) is 9.73. The number of carbonyl (C=O) groups is 1. The van der Waals surface area contributed by atoms with E-state index < -0.39 is 18.7 Å². The van der Waals surface area contributed by atoms with Crippen LogP contribution in [0.2, 0.25) is 0 Å². The quantitative estimate of drug-likeness (QED) is 0.873. The van der Waals surface area contributed by atoms with Gasteiger partial charge in [0.1, 0.15) is 5.75 Å². The average molecular weight is 317 g/mol. The zero-order valence-corrected chi connectivity index (χ0v) is 11.3. The number of carboxylic acids is 1. The molecule has 1 aliphatic rings. The molecule has 18 heavy (non-hydrogen) atoms. The largest absolute Gasteiger partial charge is 0.479 e. The molecule has 0 bridgehead atoms. The van der Waals surface area contributed by atoms with Crippen LogP contribution in [-0.2, 0) is 4.79 Å². The van der Waals surface area contributed by atoms with Crippen LogP contribution in [-0.4, -0.2) is 23.9 Å². The Morgan fingerprint density at radius 1 is 1.56 bits per heavy atom. The number of hydrogen-bond donors (Lipinski definition) is 1. The SMILES string of the molecule is O=C(O)[C@H](CCF)Oc1ccc(Br)cc1C1CC1. The van der Waals surface area contributed by atoms with Gasteiger partial charge in [-0.3, -0.25) is 4.39 Å². The van der Waals surface area contributed by atoms with E-state index >= 15 is 0 Å². The maximum atomic E-state index is 12.3. The van der Waals surface area contributed by atoms with E-state index in [0.717, 1.165) is 22.9 Å². The summed E-state index contributed by atoms with van der Waals surface area (Å²) in [6.45, 7) is -0.702. The third-order valence-corrected chi connectivity index (χ3v) is 3.40. The molecule has 1 atom stereocenters. The Hall–Kier alpha value is -1.10. The van der Waals surface area contributed by atoms with E-state index in [0.29, 0.717) is 11.7 Å². The molecule has 0 spiro atoms. The Labute approximate surface area is 113 Å². The third kappa shape index (κ3) is 3.22. The summed E-state index contributed by atoms with van der Waals surface area (Å²) in [6, 6.07) is 5.49. The molecular formula is C13H14BrFO3. The van der Waals surface area contributed by atoms with E-state index in [9.17, 15) is 9.18 Å². The predicted octanol–water partition coefficient (Wildman–Crippen LogP) is 3.52. The number of carboxylic acid groups (broad SMARTS) is 1. The third-order valence-electron chi connectivity index (χ3n) is 2.90. The molecule has 1 saturated carbocycles. The van der Waals surface area contributed by atoms with Gasteiger partial charge in [-0.05, 0) is 42.5 Å². The fourth-order valence-corrected chi connectivity index (χ4v) is 2.20. The normalized spacial score (nSPS) is 16.3. The summed E-state index contributed by atoms with van der Waals surface area (Å²) >= 11 is 3.39. The smallest absolute Gasteiger partial charge is 0.344 e. The lowest BCUT2D eigenvalue weighted by Gasteiger charge is -2.16. The van der Waals surface area contributed by atoms with Gasteiger partial charge >= 0.3 is 5.97 Å². The first-order valence-corrected chi connectivity index (χ1v) is 6.66. The molecule has 2 rings (SSSR count). The van der Waals surface area contributed by atoms with Gasteiger partial charge in [0.15, 0.2) is 6.10 Å². The summed E-state index contributed by atoms with van der Waals surface area (Å²) in [5.74, 6) is -0.129. The van der Waals surface area contributed by atoms with Crippen molar-refractivity contribution < 1.29 is 19.0 Å². The van der Waals surface area contributed by atoms with E-state index in [2.05, 4.69) is 15.9 Å². The first kappa shape index (κ1) is 13.3. The molecule has 0 unspecified atom stereocenters. The van der Waals surface area contributed by atoms with Crippen LogP contribution >= 0.6 is 15.9 Å². The Balaban J connectivity index is 2.19. The van der Waals surface area contributed by atoms with E-state index in [1.54, 1.807) is 12.1 Å². The Kier molecular flexibility index (Phi) is 4.22. The van der Waals surface area contributed by atoms with Gasteiger partial charge in [0.2, 0.25) is 0 Å². The van der Waals surface area contributed by atoms with Crippen molar-refractivity contribution in [1.29, 1.82) is 0 Å². The second-order valence-electron chi connectivity index (χ2n) is 4.38. The second-order valence-corrected chi connectivity index (χ2v) is 5.29. The zero-order chi connectivity index (χ0) is 13.1. The van der Waals surface area contributed by atoms with Crippen LogP contribution in [0.25, 0.3) is 0 Å². The second kappa shape index (κ2) is 5.69. The Morgan fingerprint density at radius 2 is 2.28 bits per heavy atom. The summed E-state index contributed by atoms with van der Waals surface area (Å²) in [4.78, 5) is 11.0. The molecule has 0 radical (unpaired) electrons. The van der Waals surface area contributed by atoms with Gasteiger partial charge in [0.25, 0.3) is 0 Å². The van der Waals surface area contributed by atoms with Gasteiger partial charge in [-0.2, -0.15) is 0 Å². The number of rotatable bonds is 6. The molecule has 1 N–H and O–H groups in total. The standard InChI is InChI=1S/C13H14BrFO3/c14-9-3-4-11(10(7-9)8-1-2-8)18-12(5-6-15)13(16)17/h3-4,7-8,12H,1-2,5-6H2,(H,16,17)/t12-/m0/s1. The predicted molar refractivity (Wildman–Crippen MR) is 68.8 cm³/mol. The molecule has 1 aromatic rings. The summed E-state index contributed by atoms with van der Waals surface area (Å²) in [7, 11) is 0. The maximum Gasteiger partial charge on any atom is 0.344 e. The number of benzene rings is 1. The van der Waals surface area contributed by atoms with Crippen LogP contribution in [0, 0.1) is 0 Å². The summed E-state index contributed by atoms with van der Waals surface area (Å²) in [6.07, 6.45) is 0.935. The van der Waals surface area contributed by atoms with Crippen molar-refractivity contribution in [2.75, 3.05) is 6.67 Å². The highest BCUT2D eigenvalue weighted by atomic mass is 79.9. The van der Waals surface area contributed by atoms with Crippen LogP contribution in [0.5, 0.6) is 5.75 Å². The van der Waals surface area contributed by atoms with Crippen molar-refractivity contribution >= 4 is 21.9 Å². The monoisotopic (exact) mass is 316 g/mol. The molecule has 1 aromatic carbocycles. The average Bonchev–Trinajstić information content (AvgIpc) is 3.14. The van der Waals surface area contributed by atoms with Crippen molar-refractivity contribution in [3.63, 3.8) is 0 Å². The van der Waals surface area contributed by atoms with Gasteiger partial charge in [0.05, 0.1) is 6.67 Å². The number of aliphatic carboxylic acids is 1. The highest BCUT2D eigenvalue weighted by molar-refractivity contribution is 9.10. The van der Waals surface area contributed by atoms with Crippen LogP contribution in [0.4, 0.5) is 4.39 Å². The minimum atomic E-state index is -1.13. The van der Waals surface area contributed by atoms with Gasteiger partial charge in [0, 0.05) is 10.9 Å². The molecule has 3 nitrogen and oxygen atoms in total. The minimum Gasteiger partial charge on any atom is -0.479 e. The summed E-state index contributed by atoms with van der Waals surface area (Å²) in [5, 5.41) is 8.96. The van der Waals surface area contributed by atoms with E-state index in [1.807, 2.05) is 6.07 Å². The number of alkyl halides is 1. The molecule has 1 aliphatic carbocycles. The molecule has 5 heteroatoms. The molecule has 1 fully saturated rings. The van der Waals surface area contributed by atoms with Crippen molar-refractivity contribution in [2.45, 2.75) is 31.3 Å². The number of hydrogen-bond acceptors (Lipinski definition) is 2. The first-order valence-electron chi connectivity index (χ1n) is 5.86.